The van der Waals surface area contributed by atoms with E-state index in [1.165, 1.54) is 22.5 Å². The summed E-state index contributed by atoms with van der Waals surface area (Å²) in [5.41, 5.74) is 1.05. The van der Waals surface area contributed by atoms with Crippen molar-refractivity contribution >= 4 is 10.0 Å². The van der Waals surface area contributed by atoms with Crippen LogP contribution in [-0.4, -0.2) is 38.4 Å². The van der Waals surface area contributed by atoms with Crippen molar-refractivity contribution in [3.63, 3.8) is 0 Å². The zero-order valence-corrected chi connectivity index (χ0v) is 11.8. The molecule has 2 rings (SSSR count). The Bertz CT molecular complexity index is 700. The van der Waals surface area contributed by atoms with Crippen LogP contribution in [0.1, 0.15) is 11.1 Å². The molecule has 20 heavy (non-hydrogen) atoms. The van der Waals surface area contributed by atoms with E-state index in [2.05, 4.69) is 5.32 Å². The molecule has 1 aromatic rings. The van der Waals surface area contributed by atoms with Crippen LogP contribution in [0.5, 0.6) is 0 Å². The predicted molar refractivity (Wildman–Crippen MR) is 72.1 cm³/mol. The van der Waals surface area contributed by atoms with Crippen molar-refractivity contribution in [2.24, 2.45) is 0 Å². The van der Waals surface area contributed by atoms with E-state index in [1.807, 2.05) is 12.1 Å². The van der Waals surface area contributed by atoms with Gasteiger partial charge in [0.1, 0.15) is 6.04 Å². The van der Waals surface area contributed by atoms with Crippen LogP contribution in [0.25, 0.3) is 0 Å². The molecule has 1 heterocycles. The lowest BCUT2D eigenvalue weighted by atomic mass is 10.1. The van der Waals surface area contributed by atoms with Crippen molar-refractivity contribution in [3.05, 3.63) is 29.3 Å². The normalized spacial score (nSPS) is 20.1. The first kappa shape index (κ1) is 14.5. The fourth-order valence-corrected chi connectivity index (χ4v) is 3.77. The van der Waals surface area contributed by atoms with Gasteiger partial charge in [-0.1, -0.05) is 0 Å². The predicted octanol–water partition coefficient (Wildman–Crippen LogP) is 0.353. The lowest BCUT2D eigenvalue weighted by molar-refractivity contribution is 0.312. The molecule has 1 aromatic carbocycles. The SMILES string of the molecule is Cc1cc(S(=O)(=O)N2CCNCC2C#N)ccc1C#N. The van der Waals surface area contributed by atoms with Crippen molar-refractivity contribution in [2.45, 2.75) is 17.9 Å². The first-order valence-corrected chi connectivity index (χ1v) is 7.57. The second-order valence-corrected chi connectivity index (χ2v) is 6.44. The number of nitrogens with one attached hydrogen (secondary N) is 1. The molecule has 1 aliphatic rings. The van der Waals surface area contributed by atoms with Crippen LogP contribution < -0.4 is 5.32 Å². The van der Waals surface area contributed by atoms with Gasteiger partial charge in [-0.25, -0.2) is 8.42 Å². The monoisotopic (exact) mass is 290 g/mol. The second-order valence-electron chi connectivity index (χ2n) is 4.55. The number of piperazine rings is 1. The summed E-state index contributed by atoms with van der Waals surface area (Å²) in [5.74, 6) is 0. The number of nitriles is 2. The van der Waals surface area contributed by atoms with E-state index >= 15 is 0 Å². The molecule has 1 N–H and O–H groups in total. The van der Waals surface area contributed by atoms with Gasteiger partial charge in [-0.3, -0.25) is 0 Å². The minimum Gasteiger partial charge on any atom is -0.313 e. The summed E-state index contributed by atoms with van der Waals surface area (Å²) < 4.78 is 26.4. The fourth-order valence-electron chi connectivity index (χ4n) is 2.14. The largest absolute Gasteiger partial charge is 0.313 e. The lowest BCUT2D eigenvalue weighted by Gasteiger charge is -2.31. The molecule has 0 amide bonds. The van der Waals surface area contributed by atoms with Gasteiger partial charge in [-0.15, -0.1) is 0 Å². The van der Waals surface area contributed by atoms with E-state index in [0.717, 1.165) is 0 Å². The van der Waals surface area contributed by atoms with Gasteiger partial charge < -0.3 is 5.32 Å². The van der Waals surface area contributed by atoms with Gasteiger partial charge in [0.2, 0.25) is 10.0 Å². The van der Waals surface area contributed by atoms with Crippen LogP contribution in [0.2, 0.25) is 0 Å². The van der Waals surface area contributed by atoms with Gasteiger partial charge in [-0.2, -0.15) is 14.8 Å². The molecule has 0 spiro atoms. The summed E-state index contributed by atoms with van der Waals surface area (Å²) in [7, 11) is -3.71. The van der Waals surface area contributed by atoms with Crippen LogP contribution >= 0.6 is 0 Å². The first-order chi connectivity index (χ1) is 9.50. The summed E-state index contributed by atoms with van der Waals surface area (Å²) in [4.78, 5) is 0.121. The first-order valence-electron chi connectivity index (χ1n) is 6.13. The molecule has 1 atom stereocenters. The van der Waals surface area contributed by atoms with Crippen molar-refractivity contribution in [2.75, 3.05) is 19.6 Å². The quantitative estimate of drug-likeness (QED) is 0.847. The van der Waals surface area contributed by atoms with Crippen LogP contribution in [-0.2, 0) is 10.0 Å². The molecule has 1 saturated heterocycles. The Morgan fingerprint density at radius 1 is 1.40 bits per heavy atom. The molecule has 1 unspecified atom stereocenters. The molecule has 0 aliphatic carbocycles. The van der Waals surface area contributed by atoms with Gasteiger partial charge in [0, 0.05) is 19.6 Å². The minimum absolute atomic E-state index is 0.121. The molecule has 1 aliphatic heterocycles. The lowest BCUT2D eigenvalue weighted by Crippen LogP contribution is -2.52. The Morgan fingerprint density at radius 2 is 2.15 bits per heavy atom. The maximum atomic E-state index is 12.6. The molecule has 1 fully saturated rings. The Balaban J connectivity index is 2.42. The van der Waals surface area contributed by atoms with Gasteiger partial charge in [0.05, 0.1) is 22.6 Å². The number of hydrogen-bond donors (Lipinski definition) is 1. The number of nitrogens with zero attached hydrogens (tertiary/aromatic N) is 3. The molecule has 6 nitrogen and oxygen atoms in total. The van der Waals surface area contributed by atoms with Crippen molar-refractivity contribution in [3.8, 4) is 12.1 Å². The van der Waals surface area contributed by atoms with E-state index < -0.39 is 16.1 Å². The molecule has 7 heteroatoms. The third-order valence-electron chi connectivity index (χ3n) is 3.27. The highest BCUT2D eigenvalue weighted by Crippen LogP contribution is 2.21. The minimum atomic E-state index is -3.71. The zero-order chi connectivity index (χ0) is 14.8. The Labute approximate surface area is 118 Å². The average Bonchev–Trinajstić information content (AvgIpc) is 2.47. The molecule has 0 saturated carbocycles. The van der Waals surface area contributed by atoms with E-state index in [9.17, 15) is 8.42 Å². The Hall–Kier alpha value is -1.93. The van der Waals surface area contributed by atoms with Crippen molar-refractivity contribution in [1.29, 1.82) is 10.5 Å². The molecule has 0 radical (unpaired) electrons. The van der Waals surface area contributed by atoms with E-state index in [1.54, 1.807) is 6.92 Å². The standard InChI is InChI=1S/C13H14N4O2S/c1-10-6-13(3-2-11(10)7-14)20(18,19)17-5-4-16-9-12(17)8-15/h2-3,6,12,16H,4-5,9H2,1H3. The van der Waals surface area contributed by atoms with E-state index in [0.29, 0.717) is 24.2 Å². The molecular weight excluding hydrogens is 276 g/mol. The second kappa shape index (κ2) is 5.59. The average molecular weight is 290 g/mol. The maximum Gasteiger partial charge on any atom is 0.244 e. The zero-order valence-electron chi connectivity index (χ0n) is 11.0. The summed E-state index contributed by atoms with van der Waals surface area (Å²) >= 11 is 0. The molecule has 0 bridgehead atoms. The Kier molecular flexibility index (Phi) is 4.05. The Morgan fingerprint density at radius 3 is 2.75 bits per heavy atom. The van der Waals surface area contributed by atoms with Crippen molar-refractivity contribution in [1.82, 2.24) is 9.62 Å². The third-order valence-corrected chi connectivity index (χ3v) is 5.17. The fraction of sp³-hybridized carbons (Fsp3) is 0.385. The van der Waals surface area contributed by atoms with Gasteiger partial charge in [-0.05, 0) is 30.7 Å². The topological polar surface area (TPSA) is 97.0 Å². The highest BCUT2D eigenvalue weighted by atomic mass is 32.2. The molecule has 0 aromatic heterocycles. The van der Waals surface area contributed by atoms with E-state index in [4.69, 9.17) is 10.5 Å². The third kappa shape index (κ3) is 2.52. The van der Waals surface area contributed by atoms with E-state index in [-0.39, 0.29) is 11.4 Å². The summed E-state index contributed by atoms with van der Waals surface area (Å²) in [6.07, 6.45) is 0. The van der Waals surface area contributed by atoms with Crippen LogP contribution in [0.4, 0.5) is 0 Å². The highest BCUT2D eigenvalue weighted by Gasteiger charge is 2.33. The summed E-state index contributed by atoms with van der Waals surface area (Å²) in [6.45, 7) is 2.80. The number of benzene rings is 1. The van der Waals surface area contributed by atoms with Gasteiger partial charge in [0.25, 0.3) is 0 Å². The smallest absolute Gasteiger partial charge is 0.244 e. The number of hydrogen-bond acceptors (Lipinski definition) is 5. The summed E-state index contributed by atoms with van der Waals surface area (Å²) in [6, 6.07) is 7.68. The number of sulfonamides is 1. The van der Waals surface area contributed by atoms with Crippen LogP contribution in [0.3, 0.4) is 0 Å². The van der Waals surface area contributed by atoms with Crippen LogP contribution in [0, 0.1) is 29.6 Å². The maximum absolute atomic E-state index is 12.6. The van der Waals surface area contributed by atoms with Gasteiger partial charge >= 0.3 is 0 Å². The van der Waals surface area contributed by atoms with Crippen molar-refractivity contribution < 1.29 is 8.42 Å². The van der Waals surface area contributed by atoms with Gasteiger partial charge in [0.15, 0.2) is 0 Å². The summed E-state index contributed by atoms with van der Waals surface area (Å²) in [5, 5.41) is 20.9. The van der Waals surface area contributed by atoms with Crippen LogP contribution in [0.15, 0.2) is 23.1 Å². The highest BCUT2D eigenvalue weighted by molar-refractivity contribution is 7.89. The molecule has 104 valence electrons. The number of rotatable bonds is 2. The molecular formula is C13H14N4O2S. The number of aryl methyl sites for hydroxylation is 1.